The highest BCUT2D eigenvalue weighted by Crippen LogP contribution is 2.37. The van der Waals surface area contributed by atoms with Crippen LogP contribution in [0.1, 0.15) is 52.0 Å². The first kappa shape index (κ1) is 18.2. The Balaban J connectivity index is 2.20. The molecule has 4 nitrogen and oxygen atoms in total. The van der Waals surface area contributed by atoms with Gasteiger partial charge in [-0.3, -0.25) is 5.10 Å². The molecular formula is C21H21ClN2O2. The van der Waals surface area contributed by atoms with E-state index in [0.717, 1.165) is 23.1 Å². The SMILES string of the molecule is CCC(c1ccc(C)cc1)c1c(-c2ccc(Cl)c(C)c2)n[nH]c1C(=O)O. The monoisotopic (exact) mass is 368 g/mol. The molecule has 1 atom stereocenters. The van der Waals surface area contributed by atoms with Crippen molar-refractivity contribution in [3.05, 3.63) is 75.4 Å². The van der Waals surface area contributed by atoms with E-state index < -0.39 is 5.97 Å². The van der Waals surface area contributed by atoms with Gasteiger partial charge in [0.15, 0.2) is 0 Å². The van der Waals surface area contributed by atoms with E-state index in [9.17, 15) is 9.90 Å². The number of carboxylic acids is 1. The quantitative estimate of drug-likeness (QED) is 0.617. The summed E-state index contributed by atoms with van der Waals surface area (Å²) in [5.74, 6) is -1.07. The Hall–Kier alpha value is -2.59. The average Bonchev–Trinajstić information content (AvgIpc) is 3.05. The predicted molar refractivity (Wildman–Crippen MR) is 104 cm³/mol. The molecule has 1 unspecified atom stereocenters. The minimum Gasteiger partial charge on any atom is -0.477 e. The minimum atomic E-state index is -1.00. The van der Waals surface area contributed by atoms with Crippen LogP contribution in [-0.4, -0.2) is 21.3 Å². The maximum absolute atomic E-state index is 11.8. The molecule has 134 valence electrons. The van der Waals surface area contributed by atoms with E-state index in [1.165, 1.54) is 5.56 Å². The molecule has 0 saturated heterocycles. The first-order chi connectivity index (χ1) is 12.4. The van der Waals surface area contributed by atoms with Crippen molar-refractivity contribution in [2.75, 3.05) is 0 Å². The molecule has 0 aliphatic carbocycles. The van der Waals surface area contributed by atoms with E-state index >= 15 is 0 Å². The first-order valence-corrected chi connectivity index (χ1v) is 8.94. The van der Waals surface area contributed by atoms with Crippen molar-refractivity contribution in [3.8, 4) is 11.3 Å². The Morgan fingerprint density at radius 1 is 1.19 bits per heavy atom. The molecule has 3 aromatic rings. The number of aromatic carboxylic acids is 1. The second-order valence-electron chi connectivity index (χ2n) is 6.50. The number of nitrogens with one attached hydrogen (secondary N) is 1. The number of halogens is 1. The molecule has 0 radical (unpaired) electrons. The van der Waals surface area contributed by atoms with E-state index in [-0.39, 0.29) is 11.6 Å². The van der Waals surface area contributed by atoms with Crippen LogP contribution in [-0.2, 0) is 0 Å². The minimum absolute atomic E-state index is 0.0635. The molecule has 1 aromatic heterocycles. The molecule has 0 aliphatic heterocycles. The van der Waals surface area contributed by atoms with Crippen LogP contribution in [0.5, 0.6) is 0 Å². The molecule has 0 saturated carbocycles. The molecule has 2 N–H and O–H groups in total. The van der Waals surface area contributed by atoms with Gasteiger partial charge in [-0.15, -0.1) is 0 Å². The predicted octanol–water partition coefficient (Wildman–Crippen LogP) is 5.59. The summed E-state index contributed by atoms with van der Waals surface area (Å²) in [7, 11) is 0. The van der Waals surface area contributed by atoms with Crippen LogP contribution in [0.3, 0.4) is 0 Å². The summed E-state index contributed by atoms with van der Waals surface area (Å²) < 4.78 is 0. The molecule has 3 rings (SSSR count). The molecule has 0 spiro atoms. The van der Waals surface area contributed by atoms with Crippen LogP contribution >= 0.6 is 11.6 Å². The van der Waals surface area contributed by atoms with Crippen LogP contribution in [0.15, 0.2) is 42.5 Å². The number of carbonyl (C=O) groups is 1. The number of rotatable bonds is 5. The Bertz CT molecular complexity index is 945. The smallest absolute Gasteiger partial charge is 0.354 e. The lowest BCUT2D eigenvalue weighted by molar-refractivity contribution is 0.0689. The Labute approximate surface area is 157 Å². The van der Waals surface area contributed by atoms with E-state index in [1.54, 1.807) is 0 Å². The van der Waals surface area contributed by atoms with Crippen molar-refractivity contribution >= 4 is 17.6 Å². The number of aromatic nitrogens is 2. The maximum atomic E-state index is 11.8. The van der Waals surface area contributed by atoms with Crippen LogP contribution in [0.4, 0.5) is 0 Å². The molecule has 0 amide bonds. The third-order valence-corrected chi connectivity index (χ3v) is 5.11. The molecule has 0 aliphatic rings. The number of aryl methyl sites for hydroxylation is 2. The van der Waals surface area contributed by atoms with Gasteiger partial charge in [0.05, 0.1) is 5.69 Å². The van der Waals surface area contributed by atoms with Gasteiger partial charge in [0.25, 0.3) is 0 Å². The second kappa shape index (κ2) is 7.34. The average molecular weight is 369 g/mol. The number of benzene rings is 2. The number of nitrogens with zero attached hydrogens (tertiary/aromatic N) is 1. The first-order valence-electron chi connectivity index (χ1n) is 8.57. The highest BCUT2D eigenvalue weighted by atomic mass is 35.5. The highest BCUT2D eigenvalue weighted by Gasteiger charge is 2.27. The molecule has 0 fully saturated rings. The molecular weight excluding hydrogens is 348 g/mol. The fraction of sp³-hybridized carbons (Fsp3) is 0.238. The van der Waals surface area contributed by atoms with E-state index in [1.807, 2.05) is 44.2 Å². The van der Waals surface area contributed by atoms with Gasteiger partial charge in [-0.2, -0.15) is 5.10 Å². The molecule has 5 heteroatoms. The van der Waals surface area contributed by atoms with Gasteiger partial charge >= 0.3 is 5.97 Å². The fourth-order valence-corrected chi connectivity index (χ4v) is 3.39. The summed E-state index contributed by atoms with van der Waals surface area (Å²) in [6.07, 6.45) is 0.766. The van der Waals surface area contributed by atoms with Gasteiger partial charge in [0, 0.05) is 22.1 Å². The van der Waals surface area contributed by atoms with Gasteiger partial charge < -0.3 is 5.11 Å². The molecule has 0 bridgehead atoms. The third-order valence-electron chi connectivity index (χ3n) is 4.69. The van der Waals surface area contributed by atoms with Crippen molar-refractivity contribution in [3.63, 3.8) is 0 Å². The zero-order valence-electron chi connectivity index (χ0n) is 15.0. The van der Waals surface area contributed by atoms with Crippen molar-refractivity contribution in [1.29, 1.82) is 0 Å². The van der Waals surface area contributed by atoms with Crippen molar-refractivity contribution < 1.29 is 9.90 Å². The van der Waals surface area contributed by atoms with Gasteiger partial charge in [-0.05, 0) is 43.5 Å². The standard InChI is InChI=1S/C21H21ClN2O2/c1-4-16(14-7-5-12(2)6-8-14)18-19(23-24-20(18)21(25)26)15-9-10-17(22)13(3)11-15/h5-11,16H,4H2,1-3H3,(H,23,24)(H,25,26). The largest absolute Gasteiger partial charge is 0.477 e. The topological polar surface area (TPSA) is 66.0 Å². The lowest BCUT2D eigenvalue weighted by Gasteiger charge is -2.17. The Morgan fingerprint density at radius 3 is 2.46 bits per heavy atom. The fourth-order valence-electron chi connectivity index (χ4n) is 3.27. The molecule has 1 heterocycles. The van der Waals surface area contributed by atoms with E-state index in [4.69, 9.17) is 11.6 Å². The number of hydrogen-bond donors (Lipinski definition) is 2. The summed E-state index contributed by atoms with van der Waals surface area (Å²) in [6, 6.07) is 13.8. The van der Waals surface area contributed by atoms with Crippen LogP contribution < -0.4 is 0 Å². The Kier molecular flexibility index (Phi) is 5.14. The van der Waals surface area contributed by atoms with Crippen molar-refractivity contribution in [1.82, 2.24) is 10.2 Å². The summed E-state index contributed by atoms with van der Waals surface area (Å²) in [5, 5.41) is 17.4. The zero-order valence-corrected chi connectivity index (χ0v) is 15.8. The van der Waals surface area contributed by atoms with E-state index in [2.05, 4.69) is 29.3 Å². The van der Waals surface area contributed by atoms with Crippen LogP contribution in [0, 0.1) is 13.8 Å². The second-order valence-corrected chi connectivity index (χ2v) is 6.91. The van der Waals surface area contributed by atoms with Crippen molar-refractivity contribution in [2.24, 2.45) is 0 Å². The van der Waals surface area contributed by atoms with Gasteiger partial charge in [0.2, 0.25) is 0 Å². The maximum Gasteiger partial charge on any atom is 0.354 e. The van der Waals surface area contributed by atoms with Gasteiger partial charge in [-0.1, -0.05) is 54.4 Å². The molecule has 26 heavy (non-hydrogen) atoms. The number of carboxylic acid groups (broad SMARTS) is 1. The number of H-pyrrole nitrogens is 1. The third kappa shape index (κ3) is 3.37. The van der Waals surface area contributed by atoms with Crippen LogP contribution in [0.2, 0.25) is 5.02 Å². The van der Waals surface area contributed by atoms with E-state index in [0.29, 0.717) is 16.3 Å². The van der Waals surface area contributed by atoms with Gasteiger partial charge in [-0.25, -0.2) is 4.79 Å². The van der Waals surface area contributed by atoms with Crippen LogP contribution in [0.25, 0.3) is 11.3 Å². The number of aromatic amines is 1. The van der Waals surface area contributed by atoms with Crippen molar-refractivity contribution in [2.45, 2.75) is 33.1 Å². The lowest BCUT2D eigenvalue weighted by atomic mass is 9.85. The highest BCUT2D eigenvalue weighted by molar-refractivity contribution is 6.31. The summed E-state index contributed by atoms with van der Waals surface area (Å²) >= 11 is 6.14. The normalized spacial score (nSPS) is 12.2. The number of hydrogen-bond acceptors (Lipinski definition) is 2. The summed E-state index contributed by atoms with van der Waals surface area (Å²) in [5.41, 5.74) is 5.55. The summed E-state index contributed by atoms with van der Waals surface area (Å²) in [6.45, 7) is 6.01. The Morgan fingerprint density at radius 2 is 1.88 bits per heavy atom. The lowest BCUT2D eigenvalue weighted by Crippen LogP contribution is -2.08. The zero-order chi connectivity index (χ0) is 18.8. The molecule has 2 aromatic carbocycles. The van der Waals surface area contributed by atoms with Gasteiger partial charge in [0.1, 0.15) is 5.69 Å². The summed E-state index contributed by atoms with van der Waals surface area (Å²) in [4.78, 5) is 11.8.